The number of carbonyl (C=O) groups is 1. The zero-order valence-electron chi connectivity index (χ0n) is 8.03. The minimum Gasteiger partial charge on any atom is -0.380 e. The lowest BCUT2D eigenvalue weighted by Crippen LogP contribution is -2.44. The van der Waals surface area contributed by atoms with Gasteiger partial charge in [-0.05, 0) is 25.0 Å². The summed E-state index contributed by atoms with van der Waals surface area (Å²) in [4.78, 5) is 10.7. The monoisotopic (exact) mass is 191 g/mol. The molecule has 1 aromatic rings. The lowest BCUT2D eigenvalue weighted by Gasteiger charge is -2.24. The second kappa shape index (κ2) is 3.10. The van der Waals surface area contributed by atoms with Crippen molar-refractivity contribution in [2.75, 3.05) is 5.32 Å². The molecule has 0 aromatic heterocycles. The highest BCUT2D eigenvalue weighted by atomic mass is 16.3. The Hall–Kier alpha value is -1.35. The van der Waals surface area contributed by atoms with Crippen LogP contribution in [0.4, 0.5) is 5.69 Å². The maximum absolute atomic E-state index is 10.7. The zero-order chi connectivity index (χ0) is 10.2. The molecule has 1 aromatic carbocycles. The van der Waals surface area contributed by atoms with Crippen LogP contribution in [0.5, 0.6) is 0 Å². The first-order valence-corrected chi connectivity index (χ1v) is 4.66. The number of aldehydes is 1. The van der Waals surface area contributed by atoms with Crippen molar-refractivity contribution >= 4 is 12.0 Å². The van der Waals surface area contributed by atoms with Gasteiger partial charge in [-0.2, -0.15) is 0 Å². The van der Waals surface area contributed by atoms with Crippen molar-refractivity contribution in [2.45, 2.75) is 25.0 Å². The molecule has 1 aliphatic rings. The van der Waals surface area contributed by atoms with Crippen molar-refractivity contribution in [1.29, 1.82) is 0 Å². The second-order valence-corrected chi connectivity index (χ2v) is 3.90. The Morgan fingerprint density at radius 3 is 2.93 bits per heavy atom. The van der Waals surface area contributed by atoms with E-state index in [4.69, 9.17) is 0 Å². The van der Waals surface area contributed by atoms with Gasteiger partial charge < -0.3 is 15.2 Å². The third kappa shape index (κ3) is 1.40. The standard InChI is InChI=1S/C11H13NO2/c1-11(14,7-13)10-6-8-4-2-3-5-9(8)12-10/h2-5,7,10,12,14H,6H2,1H3. The van der Waals surface area contributed by atoms with Gasteiger partial charge >= 0.3 is 0 Å². The van der Waals surface area contributed by atoms with E-state index in [1.54, 1.807) is 0 Å². The first-order chi connectivity index (χ1) is 6.63. The Bertz CT molecular complexity index is 335. The number of para-hydroxylation sites is 1. The van der Waals surface area contributed by atoms with E-state index >= 15 is 0 Å². The molecule has 74 valence electrons. The molecule has 2 atom stereocenters. The molecule has 3 nitrogen and oxygen atoms in total. The van der Waals surface area contributed by atoms with Crippen LogP contribution in [0.3, 0.4) is 0 Å². The summed E-state index contributed by atoms with van der Waals surface area (Å²) in [6, 6.07) is 7.64. The minimum atomic E-state index is -1.29. The van der Waals surface area contributed by atoms with Crippen molar-refractivity contribution < 1.29 is 9.90 Å². The molecule has 0 amide bonds. The van der Waals surface area contributed by atoms with Crippen molar-refractivity contribution in [3.8, 4) is 0 Å². The summed E-state index contributed by atoms with van der Waals surface area (Å²) in [6.45, 7) is 1.53. The van der Waals surface area contributed by atoms with Gasteiger partial charge in [0.25, 0.3) is 0 Å². The molecule has 1 heterocycles. The molecular weight excluding hydrogens is 178 g/mol. The fourth-order valence-electron chi connectivity index (χ4n) is 1.73. The van der Waals surface area contributed by atoms with E-state index in [0.717, 1.165) is 11.3 Å². The smallest absolute Gasteiger partial charge is 0.153 e. The fourth-order valence-corrected chi connectivity index (χ4v) is 1.73. The van der Waals surface area contributed by atoms with Gasteiger partial charge in [-0.1, -0.05) is 18.2 Å². The summed E-state index contributed by atoms with van der Waals surface area (Å²) in [5.74, 6) is 0. The molecule has 2 N–H and O–H groups in total. The molecular formula is C11H13NO2. The second-order valence-electron chi connectivity index (χ2n) is 3.90. The number of aliphatic hydroxyl groups is 1. The van der Waals surface area contributed by atoms with Gasteiger partial charge in [-0.3, -0.25) is 0 Å². The van der Waals surface area contributed by atoms with Crippen LogP contribution in [-0.4, -0.2) is 23.0 Å². The van der Waals surface area contributed by atoms with Gasteiger partial charge in [0.15, 0.2) is 6.29 Å². The molecule has 0 saturated heterocycles. The number of fused-ring (bicyclic) bond motifs is 1. The van der Waals surface area contributed by atoms with E-state index in [-0.39, 0.29) is 6.04 Å². The van der Waals surface area contributed by atoms with Crippen LogP contribution in [-0.2, 0) is 11.2 Å². The lowest BCUT2D eigenvalue weighted by molar-refractivity contribution is -0.123. The predicted molar refractivity (Wildman–Crippen MR) is 54.2 cm³/mol. The van der Waals surface area contributed by atoms with E-state index in [9.17, 15) is 9.90 Å². The van der Waals surface area contributed by atoms with Crippen molar-refractivity contribution in [3.63, 3.8) is 0 Å². The molecule has 0 bridgehead atoms. The van der Waals surface area contributed by atoms with Crippen molar-refractivity contribution in [2.24, 2.45) is 0 Å². The molecule has 1 aliphatic heterocycles. The topological polar surface area (TPSA) is 49.3 Å². The Morgan fingerprint density at radius 2 is 2.29 bits per heavy atom. The number of anilines is 1. The predicted octanol–water partition coefficient (Wildman–Crippen LogP) is 0.973. The highest BCUT2D eigenvalue weighted by molar-refractivity contribution is 5.68. The number of rotatable bonds is 2. The van der Waals surface area contributed by atoms with Crippen molar-refractivity contribution in [3.05, 3.63) is 29.8 Å². The largest absolute Gasteiger partial charge is 0.380 e. The molecule has 0 radical (unpaired) electrons. The molecule has 0 saturated carbocycles. The average Bonchev–Trinajstić information content (AvgIpc) is 2.61. The normalized spacial score (nSPS) is 23.4. The molecule has 14 heavy (non-hydrogen) atoms. The summed E-state index contributed by atoms with van der Waals surface area (Å²) in [5, 5.41) is 12.9. The first-order valence-electron chi connectivity index (χ1n) is 4.66. The van der Waals surface area contributed by atoms with Gasteiger partial charge in [0, 0.05) is 5.69 Å². The Labute approximate surface area is 82.8 Å². The number of hydrogen-bond acceptors (Lipinski definition) is 3. The van der Waals surface area contributed by atoms with Crippen LogP contribution in [0.25, 0.3) is 0 Å². The van der Waals surface area contributed by atoms with E-state index in [0.29, 0.717) is 12.7 Å². The molecule has 2 rings (SSSR count). The number of benzene rings is 1. The summed E-state index contributed by atoms with van der Waals surface area (Å²) in [6.07, 6.45) is 1.29. The highest BCUT2D eigenvalue weighted by Crippen LogP contribution is 2.29. The van der Waals surface area contributed by atoms with Gasteiger partial charge in [-0.25, -0.2) is 0 Å². The molecule has 3 heteroatoms. The van der Waals surface area contributed by atoms with E-state index in [1.165, 1.54) is 6.92 Å². The lowest BCUT2D eigenvalue weighted by atomic mass is 9.95. The third-order valence-corrected chi connectivity index (χ3v) is 2.72. The van der Waals surface area contributed by atoms with Crippen LogP contribution in [0.15, 0.2) is 24.3 Å². The maximum Gasteiger partial charge on any atom is 0.153 e. The average molecular weight is 191 g/mol. The van der Waals surface area contributed by atoms with Crippen molar-refractivity contribution in [1.82, 2.24) is 0 Å². The summed E-state index contributed by atoms with van der Waals surface area (Å²) in [7, 11) is 0. The van der Waals surface area contributed by atoms with E-state index < -0.39 is 5.60 Å². The third-order valence-electron chi connectivity index (χ3n) is 2.72. The van der Waals surface area contributed by atoms with Gasteiger partial charge in [0.2, 0.25) is 0 Å². The number of carbonyl (C=O) groups excluding carboxylic acids is 1. The molecule has 0 aliphatic carbocycles. The van der Waals surface area contributed by atoms with Crippen LogP contribution in [0.1, 0.15) is 12.5 Å². The first kappa shape index (κ1) is 9.21. The van der Waals surface area contributed by atoms with Gasteiger partial charge in [-0.15, -0.1) is 0 Å². The van der Waals surface area contributed by atoms with Gasteiger partial charge in [0.1, 0.15) is 5.60 Å². The van der Waals surface area contributed by atoms with Gasteiger partial charge in [0.05, 0.1) is 6.04 Å². The highest BCUT2D eigenvalue weighted by Gasteiger charge is 2.35. The number of hydrogen-bond donors (Lipinski definition) is 2. The number of nitrogens with one attached hydrogen (secondary N) is 1. The summed E-state index contributed by atoms with van der Waals surface area (Å²) in [5.41, 5.74) is 0.873. The maximum atomic E-state index is 10.7. The molecule has 2 unspecified atom stereocenters. The zero-order valence-corrected chi connectivity index (χ0v) is 8.03. The van der Waals surface area contributed by atoms with E-state index in [2.05, 4.69) is 5.32 Å². The summed E-state index contributed by atoms with van der Waals surface area (Å²) < 4.78 is 0. The molecule has 0 fully saturated rings. The SMILES string of the molecule is CC(O)(C=O)C1Cc2ccccc2N1. The summed E-state index contributed by atoms with van der Waals surface area (Å²) >= 11 is 0. The molecule has 0 spiro atoms. The van der Waals surface area contributed by atoms with E-state index in [1.807, 2.05) is 24.3 Å². The Balaban J connectivity index is 2.23. The quantitative estimate of drug-likeness (QED) is 0.685. The minimum absolute atomic E-state index is 0.211. The fraction of sp³-hybridized carbons (Fsp3) is 0.364. The van der Waals surface area contributed by atoms with Crippen LogP contribution < -0.4 is 5.32 Å². The van der Waals surface area contributed by atoms with Crippen LogP contribution in [0, 0.1) is 0 Å². The van der Waals surface area contributed by atoms with Crippen LogP contribution >= 0.6 is 0 Å². The Kier molecular flexibility index (Phi) is 2.04. The Morgan fingerprint density at radius 1 is 1.57 bits per heavy atom. The van der Waals surface area contributed by atoms with Crippen LogP contribution in [0.2, 0.25) is 0 Å².